The van der Waals surface area contributed by atoms with Gasteiger partial charge in [0.1, 0.15) is 4.88 Å². The lowest BCUT2D eigenvalue weighted by Crippen LogP contribution is -1.92. The fraction of sp³-hybridized carbons (Fsp3) is 0.375. The van der Waals surface area contributed by atoms with E-state index in [1.807, 2.05) is 12.3 Å². The molecule has 1 aromatic heterocycles. The smallest absolute Gasteiger partial charge is 0.347 e. The average Bonchev–Trinajstić information content (AvgIpc) is 2.34. The molecule has 2 nitrogen and oxygen atoms in total. The standard InChI is InChI=1S/C8H9ClO2S/c1-2-3-5-4-12-7(6(5)9)8(10)11/h4H,2-3H2,1H3,(H,10,11). The summed E-state index contributed by atoms with van der Waals surface area (Å²) < 4.78 is 0. The highest BCUT2D eigenvalue weighted by Gasteiger charge is 2.14. The van der Waals surface area contributed by atoms with Gasteiger partial charge in [-0.1, -0.05) is 24.9 Å². The van der Waals surface area contributed by atoms with Gasteiger partial charge in [-0.05, 0) is 17.4 Å². The maximum atomic E-state index is 10.6. The van der Waals surface area contributed by atoms with Crippen molar-refractivity contribution in [2.24, 2.45) is 0 Å². The summed E-state index contributed by atoms with van der Waals surface area (Å²) >= 11 is 7.02. The SMILES string of the molecule is CCCc1csc(C(=O)O)c1Cl. The van der Waals surface area contributed by atoms with Crippen LogP contribution in [0.3, 0.4) is 0 Å². The fourth-order valence-electron chi connectivity index (χ4n) is 0.962. The third kappa shape index (κ3) is 1.79. The second kappa shape index (κ2) is 3.92. The van der Waals surface area contributed by atoms with Crippen LogP contribution >= 0.6 is 22.9 Å². The van der Waals surface area contributed by atoms with Crippen molar-refractivity contribution in [3.8, 4) is 0 Å². The molecular weight excluding hydrogens is 196 g/mol. The summed E-state index contributed by atoms with van der Waals surface area (Å²) in [5.74, 6) is -0.938. The first-order valence-corrected chi connectivity index (χ1v) is 4.91. The van der Waals surface area contributed by atoms with E-state index in [9.17, 15) is 4.79 Å². The molecule has 0 aromatic carbocycles. The molecule has 1 rings (SSSR count). The number of thiophene rings is 1. The van der Waals surface area contributed by atoms with Crippen LogP contribution in [0.2, 0.25) is 5.02 Å². The molecule has 4 heteroatoms. The molecule has 0 saturated carbocycles. The predicted molar refractivity (Wildman–Crippen MR) is 50.3 cm³/mol. The normalized spacial score (nSPS) is 10.2. The molecule has 0 radical (unpaired) electrons. The van der Waals surface area contributed by atoms with Gasteiger partial charge in [-0.15, -0.1) is 11.3 Å². The Morgan fingerprint density at radius 3 is 2.83 bits per heavy atom. The van der Waals surface area contributed by atoms with Crippen LogP contribution < -0.4 is 0 Å². The largest absolute Gasteiger partial charge is 0.477 e. The van der Waals surface area contributed by atoms with Gasteiger partial charge in [0.25, 0.3) is 0 Å². The van der Waals surface area contributed by atoms with E-state index in [2.05, 4.69) is 0 Å². The molecule has 0 fully saturated rings. The van der Waals surface area contributed by atoms with Crippen molar-refractivity contribution in [2.75, 3.05) is 0 Å². The molecule has 0 saturated heterocycles. The highest BCUT2D eigenvalue weighted by molar-refractivity contribution is 7.12. The number of carboxylic acids is 1. The first-order chi connectivity index (χ1) is 5.66. The van der Waals surface area contributed by atoms with E-state index in [4.69, 9.17) is 16.7 Å². The van der Waals surface area contributed by atoms with Gasteiger partial charge in [0.15, 0.2) is 0 Å². The van der Waals surface area contributed by atoms with Crippen LogP contribution in [-0.2, 0) is 6.42 Å². The summed E-state index contributed by atoms with van der Waals surface area (Å²) in [6.45, 7) is 2.04. The Kier molecular flexibility index (Phi) is 3.12. The third-order valence-electron chi connectivity index (χ3n) is 1.51. The number of carboxylic acid groups (broad SMARTS) is 1. The molecule has 0 aliphatic rings. The van der Waals surface area contributed by atoms with E-state index in [0.717, 1.165) is 18.4 Å². The molecule has 0 aliphatic heterocycles. The van der Waals surface area contributed by atoms with Crippen LogP contribution in [0.4, 0.5) is 0 Å². The molecular formula is C8H9ClO2S. The van der Waals surface area contributed by atoms with Crippen LogP contribution in [-0.4, -0.2) is 11.1 Å². The van der Waals surface area contributed by atoms with Gasteiger partial charge in [-0.25, -0.2) is 4.79 Å². The lowest BCUT2D eigenvalue weighted by Gasteiger charge is -1.93. The Morgan fingerprint density at radius 2 is 2.42 bits per heavy atom. The van der Waals surface area contributed by atoms with Crippen LogP contribution in [0, 0.1) is 0 Å². The van der Waals surface area contributed by atoms with Crippen molar-refractivity contribution < 1.29 is 9.90 Å². The minimum absolute atomic E-state index is 0.250. The maximum Gasteiger partial charge on any atom is 0.347 e. The molecule has 0 spiro atoms. The summed E-state index contributed by atoms with van der Waals surface area (Å²) in [7, 11) is 0. The third-order valence-corrected chi connectivity index (χ3v) is 3.07. The van der Waals surface area contributed by atoms with E-state index in [1.165, 1.54) is 11.3 Å². The van der Waals surface area contributed by atoms with Crippen LogP contribution in [0.1, 0.15) is 28.6 Å². The molecule has 66 valence electrons. The number of rotatable bonds is 3. The Labute approximate surface area is 79.8 Å². The van der Waals surface area contributed by atoms with Gasteiger partial charge < -0.3 is 5.11 Å². The maximum absolute atomic E-state index is 10.6. The minimum atomic E-state index is -0.938. The van der Waals surface area contributed by atoms with E-state index >= 15 is 0 Å². The first kappa shape index (κ1) is 9.55. The highest BCUT2D eigenvalue weighted by atomic mass is 35.5. The van der Waals surface area contributed by atoms with Crippen molar-refractivity contribution in [2.45, 2.75) is 19.8 Å². The van der Waals surface area contributed by atoms with Gasteiger partial charge in [0.05, 0.1) is 5.02 Å². The van der Waals surface area contributed by atoms with Crippen molar-refractivity contribution >= 4 is 28.9 Å². The monoisotopic (exact) mass is 204 g/mol. The lowest BCUT2D eigenvalue weighted by molar-refractivity contribution is 0.0702. The lowest BCUT2D eigenvalue weighted by atomic mass is 10.2. The minimum Gasteiger partial charge on any atom is -0.477 e. The van der Waals surface area contributed by atoms with Crippen LogP contribution in [0.5, 0.6) is 0 Å². The first-order valence-electron chi connectivity index (χ1n) is 3.66. The molecule has 0 atom stereocenters. The second-order valence-corrected chi connectivity index (χ2v) is 3.72. The van der Waals surface area contributed by atoms with E-state index in [-0.39, 0.29) is 4.88 Å². The van der Waals surface area contributed by atoms with Gasteiger partial charge in [-0.3, -0.25) is 0 Å². The van der Waals surface area contributed by atoms with E-state index in [0.29, 0.717) is 5.02 Å². The van der Waals surface area contributed by atoms with Crippen LogP contribution in [0.25, 0.3) is 0 Å². The van der Waals surface area contributed by atoms with Crippen molar-refractivity contribution in [1.29, 1.82) is 0 Å². The second-order valence-electron chi connectivity index (χ2n) is 2.46. The van der Waals surface area contributed by atoms with E-state index < -0.39 is 5.97 Å². The summed E-state index contributed by atoms with van der Waals surface area (Å²) in [5.41, 5.74) is 0.946. The average molecular weight is 205 g/mol. The topological polar surface area (TPSA) is 37.3 Å². The molecule has 1 aromatic rings. The Balaban J connectivity index is 2.96. The Hall–Kier alpha value is -0.540. The Morgan fingerprint density at radius 1 is 1.75 bits per heavy atom. The summed E-state index contributed by atoms with van der Waals surface area (Å²) in [6.07, 6.45) is 1.83. The number of aryl methyl sites for hydroxylation is 1. The van der Waals surface area contributed by atoms with Gasteiger partial charge in [0, 0.05) is 0 Å². The Bertz CT molecular complexity index is 293. The summed E-state index contributed by atoms with van der Waals surface area (Å²) in [4.78, 5) is 10.8. The van der Waals surface area contributed by atoms with Gasteiger partial charge in [-0.2, -0.15) is 0 Å². The van der Waals surface area contributed by atoms with Gasteiger partial charge >= 0.3 is 5.97 Å². The van der Waals surface area contributed by atoms with Crippen LogP contribution in [0.15, 0.2) is 5.38 Å². The molecule has 12 heavy (non-hydrogen) atoms. The molecule has 1 heterocycles. The van der Waals surface area contributed by atoms with Crippen molar-refractivity contribution in [3.05, 3.63) is 20.8 Å². The highest BCUT2D eigenvalue weighted by Crippen LogP contribution is 2.28. The van der Waals surface area contributed by atoms with Gasteiger partial charge in [0.2, 0.25) is 0 Å². The number of carbonyl (C=O) groups is 1. The summed E-state index contributed by atoms with van der Waals surface area (Å²) in [5, 5.41) is 10.9. The number of halogens is 1. The molecule has 0 amide bonds. The molecule has 1 N–H and O–H groups in total. The zero-order valence-corrected chi connectivity index (χ0v) is 8.21. The summed E-state index contributed by atoms with van der Waals surface area (Å²) in [6, 6.07) is 0. The molecule has 0 aliphatic carbocycles. The number of aromatic carboxylic acids is 1. The van der Waals surface area contributed by atoms with Crippen molar-refractivity contribution in [3.63, 3.8) is 0 Å². The number of hydrogen-bond donors (Lipinski definition) is 1. The van der Waals surface area contributed by atoms with Crippen molar-refractivity contribution in [1.82, 2.24) is 0 Å². The number of hydrogen-bond acceptors (Lipinski definition) is 2. The van der Waals surface area contributed by atoms with E-state index in [1.54, 1.807) is 0 Å². The zero-order valence-electron chi connectivity index (χ0n) is 6.63. The zero-order chi connectivity index (χ0) is 9.14. The predicted octanol–water partition coefficient (Wildman–Crippen LogP) is 3.05. The molecule has 0 unspecified atom stereocenters. The quantitative estimate of drug-likeness (QED) is 0.822. The molecule has 0 bridgehead atoms. The fourth-order valence-corrected chi connectivity index (χ4v) is 2.22.